The van der Waals surface area contributed by atoms with Crippen molar-refractivity contribution in [2.45, 2.75) is 39.3 Å². The number of hydrogen-bond donors (Lipinski definition) is 1. The summed E-state index contributed by atoms with van der Waals surface area (Å²) in [5, 5.41) is 3.19. The Kier molecular flexibility index (Phi) is 9.67. The van der Waals surface area contributed by atoms with Crippen LogP contribution in [-0.4, -0.2) is 50.5 Å². The number of halogens is 2. The molecule has 2 amide bonds. The Bertz CT molecular complexity index is 1050. The van der Waals surface area contributed by atoms with E-state index in [2.05, 4.69) is 5.32 Å². The zero-order chi connectivity index (χ0) is 24.6. The van der Waals surface area contributed by atoms with E-state index in [9.17, 15) is 22.4 Å². The molecule has 7 nitrogen and oxygen atoms in total. The monoisotopic (exact) mass is 497 g/mol. The lowest BCUT2D eigenvalue weighted by atomic mass is 10.1. The van der Waals surface area contributed by atoms with Gasteiger partial charge in [-0.05, 0) is 62.2 Å². The van der Waals surface area contributed by atoms with Crippen molar-refractivity contribution in [3.63, 3.8) is 0 Å². The maximum Gasteiger partial charge on any atom is 0.242 e. The van der Waals surface area contributed by atoms with Gasteiger partial charge in [-0.15, -0.1) is 0 Å². The van der Waals surface area contributed by atoms with Crippen molar-refractivity contribution >= 4 is 39.1 Å². The topological polar surface area (TPSA) is 86.8 Å². The van der Waals surface area contributed by atoms with Crippen LogP contribution in [0, 0.1) is 5.82 Å². The lowest BCUT2D eigenvalue weighted by molar-refractivity contribution is -0.140. The van der Waals surface area contributed by atoms with Crippen LogP contribution in [0.25, 0.3) is 0 Å². The molecule has 33 heavy (non-hydrogen) atoms. The summed E-state index contributed by atoms with van der Waals surface area (Å²) in [4.78, 5) is 26.9. The molecule has 0 aliphatic heterocycles. The molecule has 0 aliphatic rings. The van der Waals surface area contributed by atoms with E-state index in [0.717, 1.165) is 6.26 Å². The number of carbonyl (C=O) groups is 2. The summed E-state index contributed by atoms with van der Waals surface area (Å²) in [6, 6.07) is 11.4. The van der Waals surface area contributed by atoms with Gasteiger partial charge in [-0.2, -0.15) is 0 Å². The highest BCUT2D eigenvalue weighted by Crippen LogP contribution is 2.21. The summed E-state index contributed by atoms with van der Waals surface area (Å²) in [5.74, 6) is -0.994. The summed E-state index contributed by atoms with van der Waals surface area (Å²) in [6.07, 6.45) is 1.38. The molecule has 0 saturated carbocycles. The molecular weight excluding hydrogens is 469 g/mol. The molecule has 0 heterocycles. The van der Waals surface area contributed by atoms with Crippen molar-refractivity contribution in [3.8, 4) is 0 Å². The Morgan fingerprint density at radius 2 is 1.70 bits per heavy atom. The van der Waals surface area contributed by atoms with Crippen molar-refractivity contribution < 1.29 is 22.4 Å². The Morgan fingerprint density at radius 1 is 1.09 bits per heavy atom. The van der Waals surface area contributed by atoms with E-state index in [0.29, 0.717) is 22.8 Å². The van der Waals surface area contributed by atoms with Gasteiger partial charge in [0.1, 0.15) is 11.9 Å². The van der Waals surface area contributed by atoms with E-state index < -0.39 is 21.9 Å². The maximum atomic E-state index is 13.3. The second-order valence-electron chi connectivity index (χ2n) is 7.63. The molecule has 2 aromatic carbocycles. The standard InChI is InChI=1S/C23H29ClFN3O4S/c1-4-26-23(30)17(2)27(16-18-7-11-20(25)12-8-18)22(29)6-5-15-28(33(3,31)32)21-13-9-19(24)10-14-21/h7-14,17H,4-6,15-16H2,1-3H3,(H,26,30)/t17-/m0/s1. The Hall–Kier alpha value is -2.65. The molecule has 2 rings (SSSR count). The van der Waals surface area contributed by atoms with E-state index in [1.807, 2.05) is 0 Å². The number of anilines is 1. The molecule has 0 spiro atoms. The van der Waals surface area contributed by atoms with Crippen LogP contribution in [-0.2, 0) is 26.2 Å². The zero-order valence-electron chi connectivity index (χ0n) is 18.9. The fraction of sp³-hybridized carbons (Fsp3) is 0.391. The van der Waals surface area contributed by atoms with E-state index in [1.165, 1.54) is 21.3 Å². The third-order valence-electron chi connectivity index (χ3n) is 5.05. The van der Waals surface area contributed by atoms with Crippen LogP contribution in [0.15, 0.2) is 48.5 Å². The molecule has 180 valence electrons. The number of amides is 2. The largest absolute Gasteiger partial charge is 0.355 e. The summed E-state index contributed by atoms with van der Waals surface area (Å²) >= 11 is 5.89. The first kappa shape index (κ1) is 26.6. The fourth-order valence-corrected chi connectivity index (χ4v) is 4.39. The number of carbonyl (C=O) groups excluding carboxylic acids is 2. The highest BCUT2D eigenvalue weighted by atomic mass is 35.5. The minimum absolute atomic E-state index is 0.0323. The maximum absolute atomic E-state index is 13.3. The van der Waals surface area contributed by atoms with E-state index in [1.54, 1.807) is 50.2 Å². The predicted octanol–water partition coefficient (Wildman–Crippen LogP) is 3.58. The minimum Gasteiger partial charge on any atom is -0.355 e. The van der Waals surface area contributed by atoms with Crippen molar-refractivity contribution in [2.24, 2.45) is 0 Å². The number of nitrogens with zero attached hydrogens (tertiary/aromatic N) is 2. The van der Waals surface area contributed by atoms with Crippen molar-refractivity contribution in [1.82, 2.24) is 10.2 Å². The van der Waals surface area contributed by atoms with E-state index in [4.69, 9.17) is 11.6 Å². The molecule has 0 saturated heterocycles. The van der Waals surface area contributed by atoms with Crippen LogP contribution in [0.4, 0.5) is 10.1 Å². The zero-order valence-corrected chi connectivity index (χ0v) is 20.5. The molecule has 0 aliphatic carbocycles. The van der Waals surface area contributed by atoms with Crippen molar-refractivity contribution in [1.29, 1.82) is 0 Å². The van der Waals surface area contributed by atoms with Gasteiger partial charge < -0.3 is 10.2 Å². The minimum atomic E-state index is -3.57. The van der Waals surface area contributed by atoms with Gasteiger partial charge in [0.05, 0.1) is 11.9 Å². The van der Waals surface area contributed by atoms with Crippen LogP contribution in [0.2, 0.25) is 5.02 Å². The average molecular weight is 498 g/mol. The van der Waals surface area contributed by atoms with Crippen LogP contribution in [0.3, 0.4) is 0 Å². The van der Waals surface area contributed by atoms with E-state index >= 15 is 0 Å². The quantitative estimate of drug-likeness (QED) is 0.514. The number of hydrogen-bond acceptors (Lipinski definition) is 4. The van der Waals surface area contributed by atoms with Gasteiger partial charge in [-0.3, -0.25) is 13.9 Å². The van der Waals surface area contributed by atoms with Crippen LogP contribution in [0.5, 0.6) is 0 Å². The fourth-order valence-electron chi connectivity index (χ4n) is 3.30. The van der Waals surface area contributed by atoms with Crippen LogP contribution < -0.4 is 9.62 Å². The number of nitrogens with one attached hydrogen (secondary N) is 1. The van der Waals surface area contributed by atoms with Gasteiger partial charge in [0, 0.05) is 31.1 Å². The summed E-state index contributed by atoms with van der Waals surface area (Å²) < 4.78 is 39.0. The Morgan fingerprint density at radius 3 is 2.24 bits per heavy atom. The molecule has 0 bridgehead atoms. The van der Waals surface area contributed by atoms with Crippen molar-refractivity contribution in [2.75, 3.05) is 23.7 Å². The lowest BCUT2D eigenvalue weighted by Crippen LogP contribution is -2.47. The number of rotatable bonds is 11. The number of sulfonamides is 1. The molecule has 10 heteroatoms. The first-order valence-corrected chi connectivity index (χ1v) is 12.8. The highest BCUT2D eigenvalue weighted by molar-refractivity contribution is 7.92. The highest BCUT2D eigenvalue weighted by Gasteiger charge is 2.26. The molecule has 1 atom stereocenters. The first-order valence-electron chi connectivity index (χ1n) is 10.6. The lowest BCUT2D eigenvalue weighted by Gasteiger charge is -2.29. The second kappa shape index (κ2) is 12.0. The molecule has 1 N–H and O–H groups in total. The van der Waals surface area contributed by atoms with E-state index in [-0.39, 0.29) is 37.7 Å². The first-order chi connectivity index (χ1) is 15.5. The van der Waals surface area contributed by atoms with Gasteiger partial charge in [0.15, 0.2) is 0 Å². The van der Waals surface area contributed by atoms with Crippen molar-refractivity contribution in [3.05, 3.63) is 64.9 Å². The average Bonchev–Trinajstić information content (AvgIpc) is 2.76. The summed E-state index contributed by atoms with van der Waals surface area (Å²) in [6.45, 7) is 4.05. The number of likely N-dealkylation sites (N-methyl/N-ethyl adjacent to an activating group) is 1. The van der Waals surface area contributed by atoms with Gasteiger partial charge in [-0.1, -0.05) is 23.7 Å². The third kappa shape index (κ3) is 8.01. The van der Waals surface area contributed by atoms with Gasteiger partial charge in [0.25, 0.3) is 0 Å². The van der Waals surface area contributed by atoms with Gasteiger partial charge in [-0.25, -0.2) is 12.8 Å². The molecule has 0 unspecified atom stereocenters. The van der Waals surface area contributed by atoms with Crippen LogP contribution in [0.1, 0.15) is 32.3 Å². The molecular formula is C23H29ClFN3O4S. The molecule has 0 radical (unpaired) electrons. The van der Waals surface area contributed by atoms with Gasteiger partial charge >= 0.3 is 0 Å². The smallest absolute Gasteiger partial charge is 0.242 e. The Labute approximate surface area is 199 Å². The molecule has 0 aromatic heterocycles. The summed E-state index contributed by atoms with van der Waals surface area (Å²) in [7, 11) is -3.57. The Balaban J connectivity index is 2.13. The number of benzene rings is 2. The molecule has 0 fully saturated rings. The third-order valence-corrected chi connectivity index (χ3v) is 6.50. The summed E-state index contributed by atoms with van der Waals surface area (Å²) in [5.41, 5.74) is 1.13. The van der Waals surface area contributed by atoms with Crippen LogP contribution >= 0.6 is 11.6 Å². The van der Waals surface area contributed by atoms with Gasteiger partial charge in [0.2, 0.25) is 21.8 Å². The predicted molar refractivity (Wildman–Crippen MR) is 128 cm³/mol. The molecule has 2 aromatic rings. The SMILES string of the molecule is CCNC(=O)[C@H](C)N(Cc1ccc(F)cc1)C(=O)CCCN(c1ccc(Cl)cc1)S(C)(=O)=O. The second-order valence-corrected chi connectivity index (χ2v) is 9.98. The normalized spacial score (nSPS) is 12.2.